The summed E-state index contributed by atoms with van der Waals surface area (Å²) in [5.74, 6) is 1.25. The second-order valence-electron chi connectivity index (χ2n) is 5.98. The van der Waals surface area contributed by atoms with Gasteiger partial charge in [-0.15, -0.1) is 0 Å². The third kappa shape index (κ3) is 1.99. The van der Waals surface area contributed by atoms with Crippen molar-refractivity contribution in [2.45, 2.75) is 32.4 Å². The molecule has 2 heterocycles. The van der Waals surface area contributed by atoms with E-state index in [0.717, 1.165) is 43.2 Å². The van der Waals surface area contributed by atoms with Crippen LogP contribution < -0.4 is 4.74 Å². The molecule has 1 unspecified atom stereocenters. The topological polar surface area (TPSA) is 41.9 Å². The van der Waals surface area contributed by atoms with E-state index in [2.05, 4.69) is 18.7 Å². The molecule has 0 aliphatic carbocycles. The molecule has 1 saturated heterocycles. The molecule has 2 aliphatic heterocycles. The lowest BCUT2D eigenvalue weighted by molar-refractivity contribution is -0.0614. The maximum Gasteiger partial charge on any atom is 0.162 e. The van der Waals surface area contributed by atoms with Crippen LogP contribution >= 0.6 is 0 Å². The molecule has 2 aliphatic rings. The number of fused-ring (bicyclic) bond motifs is 1. The summed E-state index contributed by atoms with van der Waals surface area (Å²) in [7, 11) is 0. The maximum atomic E-state index is 9.82. The zero-order valence-electron chi connectivity index (χ0n) is 11.8. The number of hydrogen-bond donors (Lipinski definition) is 1. The third-order valence-corrected chi connectivity index (χ3v) is 4.18. The largest absolute Gasteiger partial charge is 0.508 e. The summed E-state index contributed by atoms with van der Waals surface area (Å²) in [6.07, 6.45) is 0.0203. The number of benzene rings is 1. The average molecular weight is 263 g/mol. The van der Waals surface area contributed by atoms with Crippen molar-refractivity contribution >= 4 is 0 Å². The smallest absolute Gasteiger partial charge is 0.162 e. The summed E-state index contributed by atoms with van der Waals surface area (Å²) in [4.78, 5) is 2.33. The van der Waals surface area contributed by atoms with E-state index in [1.807, 2.05) is 13.0 Å². The number of aryl methyl sites for hydroxylation is 1. The molecule has 1 N–H and O–H groups in total. The van der Waals surface area contributed by atoms with Crippen LogP contribution in [0.15, 0.2) is 12.1 Å². The fraction of sp³-hybridized carbons (Fsp3) is 0.600. The Bertz CT molecular complexity index is 492. The first-order valence-corrected chi connectivity index (χ1v) is 6.82. The predicted molar refractivity (Wildman–Crippen MR) is 72.7 cm³/mol. The minimum atomic E-state index is -0.129. The molecule has 0 aromatic heterocycles. The molecule has 1 fully saturated rings. The molecule has 4 nitrogen and oxygen atoms in total. The van der Waals surface area contributed by atoms with Crippen molar-refractivity contribution in [2.75, 3.05) is 26.3 Å². The number of nitrogens with zero attached hydrogens (tertiary/aromatic N) is 1. The Kier molecular flexibility index (Phi) is 2.95. The van der Waals surface area contributed by atoms with E-state index in [1.165, 1.54) is 0 Å². The van der Waals surface area contributed by atoms with Gasteiger partial charge in [0.15, 0.2) is 6.23 Å². The molecule has 19 heavy (non-hydrogen) atoms. The van der Waals surface area contributed by atoms with Crippen LogP contribution in [0.25, 0.3) is 0 Å². The van der Waals surface area contributed by atoms with Gasteiger partial charge in [-0.1, -0.05) is 13.8 Å². The lowest BCUT2D eigenvalue weighted by Crippen LogP contribution is -2.52. The first-order chi connectivity index (χ1) is 9.00. The number of aromatic hydroxyl groups is 1. The second kappa shape index (κ2) is 4.39. The Labute approximate surface area is 113 Å². The van der Waals surface area contributed by atoms with Gasteiger partial charge in [-0.3, -0.25) is 4.90 Å². The van der Waals surface area contributed by atoms with Gasteiger partial charge in [0.2, 0.25) is 0 Å². The van der Waals surface area contributed by atoms with Gasteiger partial charge >= 0.3 is 0 Å². The SMILES string of the molecule is Cc1cc(O)cc2c1OC(N1CCOCC1)C2(C)C. The summed E-state index contributed by atoms with van der Waals surface area (Å²) in [5.41, 5.74) is 1.97. The molecule has 4 heteroatoms. The average Bonchev–Trinajstić information content (AvgIpc) is 2.63. The van der Waals surface area contributed by atoms with Gasteiger partial charge in [0, 0.05) is 24.1 Å². The Balaban J connectivity index is 1.97. The fourth-order valence-corrected chi connectivity index (χ4v) is 3.12. The van der Waals surface area contributed by atoms with Crippen molar-refractivity contribution in [1.29, 1.82) is 0 Å². The van der Waals surface area contributed by atoms with E-state index in [-0.39, 0.29) is 11.6 Å². The van der Waals surface area contributed by atoms with Gasteiger partial charge in [0.05, 0.1) is 13.2 Å². The number of phenolic OH excluding ortho intramolecular Hbond substituents is 1. The molecule has 1 aromatic carbocycles. The Morgan fingerprint density at radius 1 is 1.26 bits per heavy atom. The van der Waals surface area contributed by atoms with Crippen LogP contribution in [0.3, 0.4) is 0 Å². The molecule has 0 radical (unpaired) electrons. The predicted octanol–water partition coefficient (Wildman–Crippen LogP) is 2.03. The van der Waals surface area contributed by atoms with Crippen molar-refractivity contribution in [1.82, 2.24) is 4.90 Å². The van der Waals surface area contributed by atoms with Crippen LogP contribution in [-0.2, 0) is 10.2 Å². The van der Waals surface area contributed by atoms with Crippen molar-refractivity contribution in [3.05, 3.63) is 23.3 Å². The van der Waals surface area contributed by atoms with E-state index >= 15 is 0 Å². The summed E-state index contributed by atoms with van der Waals surface area (Å²) < 4.78 is 11.6. The van der Waals surface area contributed by atoms with Crippen LogP contribution in [-0.4, -0.2) is 42.5 Å². The van der Waals surface area contributed by atoms with Crippen LogP contribution in [0.5, 0.6) is 11.5 Å². The molecule has 0 spiro atoms. The molecule has 0 amide bonds. The van der Waals surface area contributed by atoms with E-state index in [0.29, 0.717) is 5.75 Å². The molecule has 3 rings (SSSR count). The Morgan fingerprint density at radius 2 is 1.95 bits per heavy atom. The van der Waals surface area contributed by atoms with Crippen molar-refractivity contribution in [3.8, 4) is 11.5 Å². The zero-order chi connectivity index (χ0) is 13.6. The van der Waals surface area contributed by atoms with Crippen LogP contribution in [0.1, 0.15) is 25.0 Å². The van der Waals surface area contributed by atoms with E-state index in [9.17, 15) is 5.11 Å². The monoisotopic (exact) mass is 263 g/mol. The summed E-state index contributed by atoms with van der Waals surface area (Å²) in [6, 6.07) is 3.60. The molecule has 0 bridgehead atoms. The lowest BCUT2D eigenvalue weighted by Gasteiger charge is -2.38. The van der Waals surface area contributed by atoms with Gasteiger partial charge in [-0.25, -0.2) is 0 Å². The number of hydrogen-bond acceptors (Lipinski definition) is 4. The summed E-state index contributed by atoms with van der Waals surface area (Å²) in [5, 5.41) is 9.82. The highest BCUT2D eigenvalue weighted by Gasteiger charge is 2.46. The highest BCUT2D eigenvalue weighted by molar-refractivity contribution is 5.52. The highest BCUT2D eigenvalue weighted by atomic mass is 16.5. The number of phenols is 1. The molecule has 0 saturated carbocycles. The van der Waals surface area contributed by atoms with Crippen LogP contribution in [0, 0.1) is 6.92 Å². The number of ether oxygens (including phenoxy) is 2. The van der Waals surface area contributed by atoms with E-state index in [4.69, 9.17) is 9.47 Å². The number of morpholine rings is 1. The normalized spacial score (nSPS) is 25.9. The van der Waals surface area contributed by atoms with Crippen LogP contribution in [0.4, 0.5) is 0 Å². The summed E-state index contributed by atoms with van der Waals surface area (Å²) >= 11 is 0. The molecule has 104 valence electrons. The Morgan fingerprint density at radius 3 is 2.63 bits per heavy atom. The van der Waals surface area contributed by atoms with E-state index < -0.39 is 0 Å². The van der Waals surface area contributed by atoms with Crippen molar-refractivity contribution < 1.29 is 14.6 Å². The Hall–Kier alpha value is -1.26. The molecule has 1 aromatic rings. The first kappa shape index (κ1) is 12.8. The van der Waals surface area contributed by atoms with Gasteiger partial charge in [-0.05, 0) is 24.6 Å². The van der Waals surface area contributed by atoms with Gasteiger partial charge in [0.1, 0.15) is 11.5 Å². The van der Waals surface area contributed by atoms with Gasteiger partial charge < -0.3 is 14.6 Å². The quantitative estimate of drug-likeness (QED) is 0.842. The van der Waals surface area contributed by atoms with E-state index in [1.54, 1.807) is 6.07 Å². The molecule has 1 atom stereocenters. The van der Waals surface area contributed by atoms with Crippen LogP contribution in [0.2, 0.25) is 0 Å². The minimum Gasteiger partial charge on any atom is -0.508 e. The zero-order valence-corrected chi connectivity index (χ0v) is 11.8. The minimum absolute atomic E-state index is 0.0203. The lowest BCUT2D eigenvalue weighted by atomic mass is 9.83. The highest BCUT2D eigenvalue weighted by Crippen LogP contribution is 2.47. The van der Waals surface area contributed by atoms with Crippen molar-refractivity contribution in [3.63, 3.8) is 0 Å². The maximum absolute atomic E-state index is 9.82. The van der Waals surface area contributed by atoms with Gasteiger partial charge in [-0.2, -0.15) is 0 Å². The second-order valence-corrected chi connectivity index (χ2v) is 5.98. The van der Waals surface area contributed by atoms with Gasteiger partial charge in [0.25, 0.3) is 0 Å². The fourth-order valence-electron chi connectivity index (χ4n) is 3.12. The van der Waals surface area contributed by atoms with Crippen molar-refractivity contribution in [2.24, 2.45) is 0 Å². The first-order valence-electron chi connectivity index (χ1n) is 6.82. The third-order valence-electron chi connectivity index (χ3n) is 4.18. The summed E-state index contributed by atoms with van der Waals surface area (Å²) in [6.45, 7) is 9.65. The molecular weight excluding hydrogens is 242 g/mol. The molecular formula is C15H21NO3. The standard InChI is InChI=1S/C15H21NO3/c1-10-8-11(17)9-12-13(10)19-14(15(12,2)3)16-4-6-18-7-5-16/h8-9,14,17H,4-7H2,1-3H3. The number of rotatable bonds is 1.